The van der Waals surface area contributed by atoms with Crippen LogP contribution >= 0.6 is 0 Å². The molecule has 0 aromatic carbocycles. The van der Waals surface area contributed by atoms with E-state index in [0.717, 1.165) is 12.8 Å². The van der Waals surface area contributed by atoms with Gasteiger partial charge in [0.25, 0.3) is 5.89 Å². The van der Waals surface area contributed by atoms with Crippen LogP contribution in [0.15, 0.2) is 23.0 Å². The molecule has 2 aromatic rings. The number of carbonyl (C=O) groups is 1. The fraction of sp³-hybridized carbons (Fsp3) is 0.467. The third kappa shape index (κ3) is 3.41. The Kier molecular flexibility index (Phi) is 4.32. The van der Waals surface area contributed by atoms with Crippen LogP contribution in [0.4, 0.5) is 5.69 Å². The fourth-order valence-corrected chi connectivity index (χ4v) is 2.69. The molecule has 1 saturated carbocycles. The van der Waals surface area contributed by atoms with Gasteiger partial charge >= 0.3 is 0 Å². The van der Waals surface area contributed by atoms with Crippen molar-refractivity contribution in [2.45, 2.75) is 44.6 Å². The van der Waals surface area contributed by atoms with Crippen molar-refractivity contribution in [3.8, 4) is 11.5 Å². The van der Waals surface area contributed by atoms with E-state index in [9.17, 15) is 4.79 Å². The first-order chi connectivity index (χ1) is 10.7. The first kappa shape index (κ1) is 14.5. The zero-order chi connectivity index (χ0) is 15.4. The lowest BCUT2D eigenvalue weighted by molar-refractivity contribution is -0.121. The van der Waals surface area contributed by atoms with Gasteiger partial charge in [0.15, 0.2) is 5.82 Å². The molecule has 0 radical (unpaired) electrons. The molecule has 7 nitrogen and oxygen atoms in total. The van der Waals surface area contributed by atoms with Gasteiger partial charge in [0.05, 0.1) is 12.0 Å². The molecular weight excluding hydrogens is 282 g/mol. The molecule has 1 fully saturated rings. The molecule has 1 amide bonds. The number of nitrogens with two attached hydrogens (primary N) is 1. The number of aromatic nitrogens is 3. The van der Waals surface area contributed by atoms with Gasteiger partial charge in [-0.25, -0.2) is 0 Å². The second kappa shape index (κ2) is 6.55. The quantitative estimate of drug-likeness (QED) is 0.890. The van der Waals surface area contributed by atoms with Gasteiger partial charge in [0.1, 0.15) is 0 Å². The molecule has 1 aliphatic carbocycles. The van der Waals surface area contributed by atoms with Crippen molar-refractivity contribution in [1.82, 2.24) is 20.4 Å². The third-order valence-corrected chi connectivity index (χ3v) is 3.84. The van der Waals surface area contributed by atoms with Crippen LogP contribution in [0, 0.1) is 0 Å². The average molecular weight is 301 g/mol. The molecule has 2 aromatic heterocycles. The molecule has 3 N–H and O–H groups in total. The molecule has 0 spiro atoms. The number of pyridine rings is 1. The minimum atomic E-state index is -0.0709. The van der Waals surface area contributed by atoms with Crippen LogP contribution in [-0.4, -0.2) is 27.1 Å². The monoisotopic (exact) mass is 301 g/mol. The lowest BCUT2D eigenvalue weighted by atomic mass is 9.95. The van der Waals surface area contributed by atoms with Gasteiger partial charge in [-0.05, 0) is 18.9 Å². The number of nitrogens with zero attached hydrogens (tertiary/aromatic N) is 3. The van der Waals surface area contributed by atoms with Crippen LogP contribution in [0.25, 0.3) is 11.5 Å². The van der Waals surface area contributed by atoms with Crippen molar-refractivity contribution in [2.75, 3.05) is 5.73 Å². The Morgan fingerprint density at radius 3 is 2.95 bits per heavy atom. The van der Waals surface area contributed by atoms with Gasteiger partial charge in [-0.2, -0.15) is 4.98 Å². The molecule has 0 unspecified atom stereocenters. The van der Waals surface area contributed by atoms with Crippen LogP contribution in [0.3, 0.4) is 0 Å². The van der Waals surface area contributed by atoms with Gasteiger partial charge < -0.3 is 15.6 Å². The molecule has 0 atom stereocenters. The number of carbonyl (C=O) groups excluding carboxylic acids is 1. The van der Waals surface area contributed by atoms with E-state index in [0.29, 0.717) is 17.1 Å². The second-order valence-corrected chi connectivity index (χ2v) is 5.56. The Morgan fingerprint density at radius 1 is 1.36 bits per heavy atom. The van der Waals surface area contributed by atoms with E-state index >= 15 is 0 Å². The van der Waals surface area contributed by atoms with Crippen molar-refractivity contribution < 1.29 is 9.32 Å². The van der Waals surface area contributed by atoms with Crippen LogP contribution in [0.2, 0.25) is 0 Å². The number of nitrogens with one attached hydrogen (secondary N) is 1. The summed E-state index contributed by atoms with van der Waals surface area (Å²) in [7, 11) is 0. The summed E-state index contributed by atoms with van der Waals surface area (Å²) in [5.41, 5.74) is 6.93. The highest BCUT2D eigenvalue weighted by atomic mass is 16.5. The Balaban J connectivity index is 1.62. The van der Waals surface area contributed by atoms with E-state index in [2.05, 4.69) is 20.4 Å². The molecule has 116 valence electrons. The summed E-state index contributed by atoms with van der Waals surface area (Å²) in [5, 5.41) is 6.87. The maximum atomic E-state index is 12.0. The van der Waals surface area contributed by atoms with E-state index in [4.69, 9.17) is 10.3 Å². The topological polar surface area (TPSA) is 107 Å². The lowest BCUT2D eigenvalue weighted by Crippen LogP contribution is -2.37. The van der Waals surface area contributed by atoms with Gasteiger partial charge in [0, 0.05) is 24.1 Å². The summed E-state index contributed by atoms with van der Waals surface area (Å²) in [4.78, 5) is 20.2. The fourth-order valence-electron chi connectivity index (χ4n) is 2.69. The van der Waals surface area contributed by atoms with E-state index < -0.39 is 0 Å². The van der Waals surface area contributed by atoms with Gasteiger partial charge in [-0.15, -0.1) is 0 Å². The predicted molar refractivity (Wildman–Crippen MR) is 80.7 cm³/mol. The molecule has 2 heterocycles. The number of rotatable bonds is 4. The first-order valence-corrected chi connectivity index (χ1v) is 7.54. The Labute approximate surface area is 128 Å². The number of amides is 1. The first-order valence-electron chi connectivity index (χ1n) is 7.54. The van der Waals surface area contributed by atoms with E-state index in [1.54, 1.807) is 18.5 Å². The maximum Gasteiger partial charge on any atom is 0.261 e. The van der Waals surface area contributed by atoms with Crippen LogP contribution < -0.4 is 11.1 Å². The van der Waals surface area contributed by atoms with Crippen LogP contribution in [0.5, 0.6) is 0 Å². The molecule has 7 heteroatoms. The minimum absolute atomic E-state index is 0.0709. The van der Waals surface area contributed by atoms with Crippen molar-refractivity contribution >= 4 is 11.6 Å². The summed E-state index contributed by atoms with van der Waals surface area (Å²) in [6, 6.07) is 1.94. The number of hydrogen-bond donors (Lipinski definition) is 2. The number of nitrogen functional groups attached to an aromatic ring is 1. The van der Waals surface area contributed by atoms with Crippen molar-refractivity contribution in [1.29, 1.82) is 0 Å². The van der Waals surface area contributed by atoms with Crippen molar-refractivity contribution in [3.05, 3.63) is 24.3 Å². The summed E-state index contributed by atoms with van der Waals surface area (Å²) in [6.07, 6.45) is 8.98. The zero-order valence-electron chi connectivity index (χ0n) is 12.3. The molecular formula is C15H19N5O2. The van der Waals surface area contributed by atoms with Crippen molar-refractivity contribution in [2.24, 2.45) is 0 Å². The molecule has 1 aliphatic rings. The van der Waals surface area contributed by atoms with E-state index in [-0.39, 0.29) is 24.3 Å². The molecule has 3 rings (SSSR count). The summed E-state index contributed by atoms with van der Waals surface area (Å²) < 4.78 is 5.16. The van der Waals surface area contributed by atoms with Gasteiger partial charge in [-0.1, -0.05) is 24.4 Å². The minimum Gasteiger partial charge on any atom is -0.398 e. The predicted octanol–water partition coefficient (Wildman–Crippen LogP) is 1.71. The summed E-state index contributed by atoms with van der Waals surface area (Å²) in [5.74, 6) is 0.566. The van der Waals surface area contributed by atoms with E-state index in [1.165, 1.54) is 19.3 Å². The highest BCUT2D eigenvalue weighted by Crippen LogP contribution is 2.22. The van der Waals surface area contributed by atoms with Gasteiger partial charge in [-0.3, -0.25) is 9.78 Å². The standard InChI is InChI=1S/C15H19N5O2/c16-12-6-7-17-9-11(12)15-19-13(20-22-15)8-14(21)18-10-4-2-1-3-5-10/h6-7,9-10H,1-5,8H2,(H2,16,17)(H,18,21). The molecule has 0 bridgehead atoms. The van der Waals surface area contributed by atoms with Crippen LogP contribution in [-0.2, 0) is 11.2 Å². The third-order valence-electron chi connectivity index (χ3n) is 3.84. The lowest BCUT2D eigenvalue weighted by Gasteiger charge is -2.22. The molecule has 0 aliphatic heterocycles. The van der Waals surface area contributed by atoms with Gasteiger partial charge in [0.2, 0.25) is 5.91 Å². The Hall–Kier alpha value is -2.44. The van der Waals surface area contributed by atoms with Crippen LogP contribution in [0.1, 0.15) is 37.9 Å². The van der Waals surface area contributed by atoms with Crippen molar-refractivity contribution in [3.63, 3.8) is 0 Å². The average Bonchev–Trinajstić information content (AvgIpc) is 2.97. The molecule has 0 saturated heterocycles. The zero-order valence-corrected chi connectivity index (χ0v) is 12.3. The Bertz CT molecular complexity index is 649. The summed E-state index contributed by atoms with van der Waals surface area (Å²) in [6.45, 7) is 0. The highest BCUT2D eigenvalue weighted by molar-refractivity contribution is 5.78. The summed E-state index contributed by atoms with van der Waals surface area (Å²) >= 11 is 0. The SMILES string of the molecule is Nc1ccncc1-c1nc(CC(=O)NC2CCCCC2)no1. The largest absolute Gasteiger partial charge is 0.398 e. The molecule has 22 heavy (non-hydrogen) atoms. The van der Waals surface area contributed by atoms with E-state index in [1.807, 2.05) is 0 Å². The maximum absolute atomic E-state index is 12.0. The second-order valence-electron chi connectivity index (χ2n) is 5.56. The number of anilines is 1. The number of hydrogen-bond acceptors (Lipinski definition) is 6. The Morgan fingerprint density at radius 2 is 2.18 bits per heavy atom. The normalized spacial score (nSPS) is 15.6. The highest BCUT2D eigenvalue weighted by Gasteiger charge is 2.18. The smallest absolute Gasteiger partial charge is 0.261 e.